The van der Waals surface area contributed by atoms with E-state index < -0.39 is 6.10 Å². The summed E-state index contributed by atoms with van der Waals surface area (Å²) in [5.74, 6) is 0. The van der Waals surface area contributed by atoms with E-state index in [1.807, 2.05) is 26.8 Å². The monoisotopic (exact) mass is 228 g/mol. The van der Waals surface area contributed by atoms with Gasteiger partial charge in [-0.1, -0.05) is 32.4 Å². The van der Waals surface area contributed by atoms with Gasteiger partial charge in [-0.3, -0.25) is 0 Å². The highest BCUT2D eigenvalue weighted by Gasteiger charge is 2.21. The number of nitrogens with one attached hydrogen (secondary N) is 1. The molecule has 0 bridgehead atoms. The highest BCUT2D eigenvalue weighted by Crippen LogP contribution is 2.20. The zero-order valence-electron chi connectivity index (χ0n) is 9.29. The molecule has 0 fully saturated rings. The Morgan fingerprint density at radius 1 is 1.53 bits per heavy atom. The first-order chi connectivity index (χ1) is 6.89. The zero-order chi connectivity index (χ0) is 11.5. The Morgan fingerprint density at radius 3 is 2.73 bits per heavy atom. The molecule has 0 radical (unpaired) electrons. The van der Waals surface area contributed by atoms with E-state index in [1.54, 1.807) is 12.3 Å². The van der Waals surface area contributed by atoms with Crippen molar-refractivity contribution < 1.29 is 5.11 Å². The predicted octanol–water partition coefficient (Wildman–Crippen LogP) is 2.55. The number of halogens is 1. The van der Waals surface area contributed by atoms with Crippen molar-refractivity contribution in [1.29, 1.82) is 0 Å². The van der Waals surface area contributed by atoms with Crippen LogP contribution in [0.3, 0.4) is 0 Å². The Balaban J connectivity index is 2.51. The number of anilines is 1. The van der Waals surface area contributed by atoms with Crippen LogP contribution in [0.4, 0.5) is 5.69 Å². The summed E-state index contributed by atoms with van der Waals surface area (Å²) in [6.07, 6.45) is 1.23. The number of aromatic nitrogens is 1. The predicted molar refractivity (Wildman–Crippen MR) is 63.2 cm³/mol. The van der Waals surface area contributed by atoms with E-state index in [-0.39, 0.29) is 5.41 Å². The Kier molecular flexibility index (Phi) is 3.94. The maximum Gasteiger partial charge on any atom is 0.131 e. The summed E-state index contributed by atoms with van der Waals surface area (Å²) < 4.78 is 0. The lowest BCUT2D eigenvalue weighted by Crippen LogP contribution is -2.32. The molecule has 0 aliphatic carbocycles. The second-order valence-corrected chi connectivity index (χ2v) is 5.02. The van der Waals surface area contributed by atoms with Gasteiger partial charge in [0.1, 0.15) is 5.15 Å². The molecule has 84 valence electrons. The minimum atomic E-state index is -0.399. The van der Waals surface area contributed by atoms with Crippen molar-refractivity contribution in [2.75, 3.05) is 11.9 Å². The third-order valence-electron chi connectivity index (χ3n) is 2.23. The molecule has 0 aromatic carbocycles. The summed E-state index contributed by atoms with van der Waals surface area (Å²) in [5.41, 5.74) is 0.752. The third kappa shape index (κ3) is 4.06. The Labute approximate surface area is 95.5 Å². The summed E-state index contributed by atoms with van der Waals surface area (Å²) >= 11 is 5.74. The Bertz CT molecular complexity index is 323. The van der Waals surface area contributed by atoms with E-state index in [9.17, 15) is 5.11 Å². The van der Waals surface area contributed by atoms with Crippen molar-refractivity contribution in [3.05, 3.63) is 23.5 Å². The van der Waals surface area contributed by atoms with Crippen LogP contribution in [0.2, 0.25) is 5.15 Å². The number of aliphatic hydroxyl groups is 1. The molecule has 4 heteroatoms. The van der Waals surface area contributed by atoms with E-state index in [0.29, 0.717) is 11.7 Å². The lowest BCUT2D eigenvalue weighted by atomic mass is 9.89. The molecule has 0 spiro atoms. The summed E-state index contributed by atoms with van der Waals surface area (Å²) in [7, 11) is 0. The summed E-state index contributed by atoms with van der Waals surface area (Å²) in [6, 6.07) is 3.55. The molecule has 0 amide bonds. The normalized spacial score (nSPS) is 13.7. The van der Waals surface area contributed by atoms with E-state index in [0.717, 1.165) is 5.69 Å². The topological polar surface area (TPSA) is 45.1 Å². The van der Waals surface area contributed by atoms with Gasteiger partial charge in [-0.2, -0.15) is 0 Å². The van der Waals surface area contributed by atoms with Crippen LogP contribution in [0, 0.1) is 5.41 Å². The van der Waals surface area contributed by atoms with Gasteiger partial charge in [0.2, 0.25) is 0 Å². The fourth-order valence-electron chi connectivity index (χ4n) is 1.03. The van der Waals surface area contributed by atoms with Gasteiger partial charge in [0.05, 0.1) is 6.10 Å². The zero-order valence-corrected chi connectivity index (χ0v) is 10.0. The van der Waals surface area contributed by atoms with Crippen molar-refractivity contribution in [1.82, 2.24) is 4.98 Å². The van der Waals surface area contributed by atoms with E-state index in [2.05, 4.69) is 10.3 Å². The van der Waals surface area contributed by atoms with Crippen molar-refractivity contribution >= 4 is 17.3 Å². The SMILES string of the molecule is CC(C)(C)C(O)CNc1ccnc(Cl)c1. The molecule has 0 aliphatic heterocycles. The molecule has 1 atom stereocenters. The Morgan fingerprint density at radius 2 is 2.20 bits per heavy atom. The number of aliphatic hydroxyl groups excluding tert-OH is 1. The average Bonchev–Trinajstić information content (AvgIpc) is 2.12. The van der Waals surface area contributed by atoms with Gasteiger partial charge in [-0.25, -0.2) is 4.98 Å². The molecule has 1 unspecified atom stereocenters. The van der Waals surface area contributed by atoms with Crippen molar-refractivity contribution in [3.63, 3.8) is 0 Å². The van der Waals surface area contributed by atoms with Gasteiger partial charge in [0.25, 0.3) is 0 Å². The maximum absolute atomic E-state index is 9.81. The number of pyridine rings is 1. The molecule has 0 aliphatic rings. The van der Waals surface area contributed by atoms with E-state index in [4.69, 9.17) is 11.6 Å². The van der Waals surface area contributed by atoms with Crippen molar-refractivity contribution in [2.24, 2.45) is 5.41 Å². The van der Waals surface area contributed by atoms with E-state index >= 15 is 0 Å². The summed E-state index contributed by atoms with van der Waals surface area (Å²) in [5, 5.41) is 13.4. The van der Waals surface area contributed by atoms with Gasteiger partial charge in [-0.05, 0) is 17.5 Å². The van der Waals surface area contributed by atoms with Crippen LogP contribution in [0.25, 0.3) is 0 Å². The number of rotatable bonds is 3. The quantitative estimate of drug-likeness (QED) is 0.782. The van der Waals surface area contributed by atoms with Crippen LogP contribution < -0.4 is 5.32 Å². The molecule has 1 rings (SSSR count). The molecule has 1 aromatic rings. The maximum atomic E-state index is 9.81. The second-order valence-electron chi connectivity index (χ2n) is 4.63. The van der Waals surface area contributed by atoms with Crippen LogP contribution in [0.15, 0.2) is 18.3 Å². The highest BCUT2D eigenvalue weighted by molar-refractivity contribution is 6.29. The lowest BCUT2D eigenvalue weighted by Gasteiger charge is -2.26. The smallest absolute Gasteiger partial charge is 0.131 e. The fraction of sp³-hybridized carbons (Fsp3) is 0.545. The van der Waals surface area contributed by atoms with Gasteiger partial charge in [-0.15, -0.1) is 0 Å². The molecule has 0 saturated heterocycles. The van der Waals surface area contributed by atoms with Crippen LogP contribution in [-0.4, -0.2) is 22.7 Å². The fourth-order valence-corrected chi connectivity index (χ4v) is 1.21. The van der Waals surface area contributed by atoms with Gasteiger partial charge in [0, 0.05) is 18.4 Å². The standard InChI is InChI=1S/C11H17ClN2O/c1-11(2,3)9(15)7-14-8-4-5-13-10(12)6-8/h4-6,9,15H,7H2,1-3H3,(H,13,14). The molecular weight excluding hydrogens is 212 g/mol. The first-order valence-electron chi connectivity index (χ1n) is 4.93. The summed E-state index contributed by atoms with van der Waals surface area (Å²) in [4.78, 5) is 3.88. The largest absolute Gasteiger partial charge is 0.391 e. The van der Waals surface area contributed by atoms with Gasteiger partial charge >= 0.3 is 0 Å². The van der Waals surface area contributed by atoms with Crippen LogP contribution >= 0.6 is 11.6 Å². The lowest BCUT2D eigenvalue weighted by molar-refractivity contribution is 0.0746. The Hall–Kier alpha value is -0.800. The van der Waals surface area contributed by atoms with Crippen molar-refractivity contribution in [3.8, 4) is 0 Å². The molecular formula is C11H17ClN2O. The minimum Gasteiger partial charge on any atom is -0.391 e. The van der Waals surface area contributed by atoms with Gasteiger partial charge in [0.15, 0.2) is 0 Å². The van der Waals surface area contributed by atoms with E-state index in [1.165, 1.54) is 0 Å². The van der Waals surface area contributed by atoms with Crippen molar-refractivity contribution in [2.45, 2.75) is 26.9 Å². The second kappa shape index (κ2) is 4.81. The third-order valence-corrected chi connectivity index (χ3v) is 2.43. The molecule has 0 saturated carbocycles. The molecule has 2 N–H and O–H groups in total. The van der Waals surface area contributed by atoms with Crippen LogP contribution in [0.1, 0.15) is 20.8 Å². The minimum absolute atomic E-state index is 0.121. The first-order valence-corrected chi connectivity index (χ1v) is 5.31. The molecule has 3 nitrogen and oxygen atoms in total. The molecule has 1 heterocycles. The first kappa shape index (κ1) is 12.3. The number of hydrogen-bond acceptors (Lipinski definition) is 3. The van der Waals surface area contributed by atoms with Crippen LogP contribution in [0.5, 0.6) is 0 Å². The molecule has 15 heavy (non-hydrogen) atoms. The van der Waals surface area contributed by atoms with Crippen LogP contribution in [-0.2, 0) is 0 Å². The van der Waals surface area contributed by atoms with Gasteiger partial charge < -0.3 is 10.4 Å². The number of nitrogens with zero attached hydrogens (tertiary/aromatic N) is 1. The summed E-state index contributed by atoms with van der Waals surface area (Å²) in [6.45, 7) is 6.50. The molecule has 1 aromatic heterocycles. The highest BCUT2D eigenvalue weighted by atomic mass is 35.5. The average molecular weight is 229 g/mol. The number of hydrogen-bond donors (Lipinski definition) is 2.